The number of hydrogen-bond acceptors (Lipinski definition) is 4. The molecule has 0 aliphatic carbocycles. The Hall–Kier alpha value is -0.160. The second-order valence-electron chi connectivity index (χ2n) is 1.82. The molecule has 0 amide bonds. The fraction of sp³-hybridized carbons (Fsp3) is 1.00. The van der Waals surface area contributed by atoms with E-state index >= 15 is 0 Å². The fourth-order valence-corrected chi connectivity index (χ4v) is 0.303. The van der Waals surface area contributed by atoms with Gasteiger partial charge in [0.1, 0.15) is 0 Å². The summed E-state index contributed by atoms with van der Waals surface area (Å²) in [7, 11) is 0. The lowest BCUT2D eigenvalue weighted by Gasteiger charge is -2.09. The number of aliphatic hydroxyl groups is 3. The first-order chi connectivity index (χ1) is 4.16. The Labute approximate surface area is 53.7 Å². The van der Waals surface area contributed by atoms with Crippen molar-refractivity contribution >= 4 is 0 Å². The number of aliphatic hydroxyl groups excluding tert-OH is 3. The average molecular weight is 136 g/mol. The molecule has 4 nitrogen and oxygen atoms in total. The predicted octanol–water partition coefficient (Wildman–Crippen LogP) is -1.31. The third kappa shape index (κ3) is 5.72. The van der Waals surface area contributed by atoms with Crippen LogP contribution in [-0.2, 0) is 4.74 Å². The lowest BCUT2D eigenvalue weighted by Crippen LogP contribution is -2.21. The molecule has 0 saturated carbocycles. The summed E-state index contributed by atoms with van der Waals surface area (Å²) in [6.45, 7) is 1.14. The van der Waals surface area contributed by atoms with E-state index in [0.717, 1.165) is 0 Å². The monoisotopic (exact) mass is 136 g/mol. The molecular formula is C5H12O4. The van der Waals surface area contributed by atoms with Crippen LogP contribution in [0.2, 0.25) is 0 Å². The van der Waals surface area contributed by atoms with Gasteiger partial charge < -0.3 is 20.1 Å². The van der Waals surface area contributed by atoms with Gasteiger partial charge in [0.25, 0.3) is 0 Å². The summed E-state index contributed by atoms with van der Waals surface area (Å²) in [4.78, 5) is 0. The van der Waals surface area contributed by atoms with Gasteiger partial charge in [0.15, 0.2) is 6.29 Å². The van der Waals surface area contributed by atoms with Crippen molar-refractivity contribution in [3.63, 3.8) is 0 Å². The van der Waals surface area contributed by atoms with Crippen LogP contribution in [0, 0.1) is 0 Å². The van der Waals surface area contributed by atoms with E-state index in [4.69, 9.17) is 15.3 Å². The molecule has 0 radical (unpaired) electrons. The summed E-state index contributed by atoms with van der Waals surface area (Å²) in [5, 5.41) is 25.3. The molecule has 0 saturated heterocycles. The maximum absolute atomic E-state index is 8.58. The highest BCUT2D eigenvalue weighted by Gasteiger charge is 2.02. The van der Waals surface area contributed by atoms with Crippen molar-refractivity contribution in [2.45, 2.75) is 19.3 Å². The van der Waals surface area contributed by atoms with Crippen molar-refractivity contribution in [1.29, 1.82) is 0 Å². The molecule has 2 atom stereocenters. The van der Waals surface area contributed by atoms with Crippen molar-refractivity contribution in [3.05, 3.63) is 0 Å². The van der Waals surface area contributed by atoms with Gasteiger partial charge in [-0.3, -0.25) is 0 Å². The van der Waals surface area contributed by atoms with E-state index in [2.05, 4.69) is 4.74 Å². The smallest absolute Gasteiger partial charge is 0.177 e. The normalized spacial score (nSPS) is 17.3. The summed E-state index contributed by atoms with van der Waals surface area (Å²) < 4.78 is 4.51. The topological polar surface area (TPSA) is 69.9 Å². The van der Waals surface area contributed by atoms with Crippen LogP contribution >= 0.6 is 0 Å². The Morgan fingerprint density at radius 1 is 1.44 bits per heavy atom. The lowest BCUT2D eigenvalue weighted by molar-refractivity contribution is -0.139. The zero-order valence-corrected chi connectivity index (χ0v) is 5.32. The van der Waals surface area contributed by atoms with Gasteiger partial charge >= 0.3 is 0 Å². The molecule has 0 aromatic rings. The first kappa shape index (κ1) is 8.84. The summed E-state index contributed by atoms with van der Waals surface area (Å²) in [6.07, 6.45) is -1.77. The molecule has 0 fully saturated rings. The molecule has 0 spiro atoms. The summed E-state index contributed by atoms with van der Waals surface area (Å²) in [5.41, 5.74) is 0. The van der Waals surface area contributed by atoms with Gasteiger partial charge in [-0.05, 0) is 6.92 Å². The van der Waals surface area contributed by atoms with E-state index in [1.165, 1.54) is 6.92 Å². The van der Waals surface area contributed by atoms with Crippen LogP contribution in [0.4, 0.5) is 0 Å². The van der Waals surface area contributed by atoms with Crippen molar-refractivity contribution in [3.8, 4) is 0 Å². The summed E-state index contributed by atoms with van der Waals surface area (Å²) >= 11 is 0. The predicted molar refractivity (Wildman–Crippen MR) is 30.7 cm³/mol. The minimum atomic E-state index is -1.17. The van der Waals surface area contributed by atoms with Crippen molar-refractivity contribution in [2.24, 2.45) is 0 Å². The van der Waals surface area contributed by atoms with Crippen molar-refractivity contribution < 1.29 is 20.1 Å². The van der Waals surface area contributed by atoms with E-state index in [-0.39, 0.29) is 6.61 Å². The largest absolute Gasteiger partial charge is 0.391 e. The van der Waals surface area contributed by atoms with E-state index in [0.29, 0.717) is 0 Å². The van der Waals surface area contributed by atoms with Crippen molar-refractivity contribution in [1.82, 2.24) is 0 Å². The van der Waals surface area contributed by atoms with Crippen LogP contribution < -0.4 is 0 Å². The number of rotatable bonds is 4. The van der Waals surface area contributed by atoms with Crippen molar-refractivity contribution in [2.75, 3.05) is 13.2 Å². The lowest BCUT2D eigenvalue weighted by atomic mass is 10.4. The third-order valence-corrected chi connectivity index (χ3v) is 0.686. The Bertz CT molecular complexity index is 64.0. The Balaban J connectivity index is 3.06. The van der Waals surface area contributed by atoms with Crippen LogP contribution in [0.5, 0.6) is 0 Å². The molecule has 3 N–H and O–H groups in total. The molecule has 0 heterocycles. The van der Waals surface area contributed by atoms with E-state index < -0.39 is 19.0 Å². The van der Waals surface area contributed by atoms with Crippen LogP contribution in [0.15, 0.2) is 0 Å². The molecular weight excluding hydrogens is 124 g/mol. The summed E-state index contributed by atoms with van der Waals surface area (Å²) in [6, 6.07) is 0. The molecule has 0 aliphatic heterocycles. The van der Waals surface area contributed by atoms with Gasteiger partial charge in [-0.2, -0.15) is 0 Å². The molecule has 56 valence electrons. The maximum atomic E-state index is 8.58. The molecule has 0 rings (SSSR count). The number of ether oxygens (including phenoxy) is 1. The van der Waals surface area contributed by atoms with Gasteiger partial charge in [-0.1, -0.05) is 0 Å². The molecule has 0 aliphatic rings. The highest BCUT2D eigenvalue weighted by Crippen LogP contribution is 1.87. The first-order valence-corrected chi connectivity index (χ1v) is 2.75. The van der Waals surface area contributed by atoms with E-state index in [9.17, 15) is 0 Å². The molecule has 9 heavy (non-hydrogen) atoms. The molecule has 0 aromatic heterocycles. The van der Waals surface area contributed by atoms with Gasteiger partial charge in [-0.25, -0.2) is 0 Å². The van der Waals surface area contributed by atoms with E-state index in [1.807, 2.05) is 0 Å². The third-order valence-electron chi connectivity index (χ3n) is 0.686. The SMILES string of the molecule is CC(O)COC(O)CO. The highest BCUT2D eigenvalue weighted by molar-refractivity contribution is 4.42. The van der Waals surface area contributed by atoms with Gasteiger partial charge in [0.2, 0.25) is 0 Å². The number of hydrogen-bond donors (Lipinski definition) is 3. The molecule has 0 bridgehead atoms. The maximum Gasteiger partial charge on any atom is 0.177 e. The zero-order chi connectivity index (χ0) is 7.28. The fourth-order valence-electron chi connectivity index (χ4n) is 0.303. The van der Waals surface area contributed by atoms with Crippen LogP contribution in [0.3, 0.4) is 0 Å². The van der Waals surface area contributed by atoms with Gasteiger partial charge in [0, 0.05) is 0 Å². The molecule has 4 heteroatoms. The zero-order valence-electron chi connectivity index (χ0n) is 5.32. The Morgan fingerprint density at radius 2 is 2.00 bits per heavy atom. The second kappa shape index (κ2) is 4.69. The van der Waals surface area contributed by atoms with Gasteiger partial charge in [0.05, 0.1) is 19.3 Å². The molecule has 2 unspecified atom stereocenters. The Kier molecular flexibility index (Phi) is 4.61. The van der Waals surface area contributed by atoms with E-state index in [1.54, 1.807) is 0 Å². The summed E-state index contributed by atoms with van der Waals surface area (Å²) in [5.74, 6) is 0. The molecule has 0 aromatic carbocycles. The Morgan fingerprint density at radius 3 is 2.33 bits per heavy atom. The second-order valence-corrected chi connectivity index (χ2v) is 1.82. The first-order valence-electron chi connectivity index (χ1n) is 2.75. The highest BCUT2D eigenvalue weighted by atomic mass is 16.6. The minimum absolute atomic E-state index is 0.0434. The minimum Gasteiger partial charge on any atom is -0.391 e. The van der Waals surface area contributed by atoms with Crippen LogP contribution in [0.25, 0.3) is 0 Å². The standard InChI is InChI=1S/C5H12O4/c1-4(7)3-9-5(8)2-6/h4-8H,2-3H2,1H3. The van der Waals surface area contributed by atoms with Crippen LogP contribution in [-0.4, -0.2) is 40.9 Å². The van der Waals surface area contributed by atoms with Gasteiger partial charge in [-0.15, -0.1) is 0 Å². The quantitative estimate of drug-likeness (QED) is 0.420. The van der Waals surface area contributed by atoms with Crippen LogP contribution in [0.1, 0.15) is 6.92 Å². The average Bonchev–Trinajstić information content (AvgIpc) is 1.83.